The molecule has 4 nitrogen and oxygen atoms in total. The van der Waals surface area contributed by atoms with Crippen LogP contribution in [0.25, 0.3) is 11.3 Å². The highest BCUT2D eigenvalue weighted by atomic mass is 32.1. The van der Waals surface area contributed by atoms with Crippen LogP contribution in [0.5, 0.6) is 0 Å². The van der Waals surface area contributed by atoms with E-state index in [1.165, 1.54) is 11.1 Å². The molecule has 5 heteroatoms. The molecule has 0 saturated heterocycles. The van der Waals surface area contributed by atoms with Crippen LogP contribution in [-0.4, -0.2) is 24.0 Å². The summed E-state index contributed by atoms with van der Waals surface area (Å²) in [7, 11) is 0. The van der Waals surface area contributed by atoms with Gasteiger partial charge >= 0.3 is 0 Å². The largest absolute Gasteiger partial charge is 0.370 e. The lowest BCUT2D eigenvalue weighted by molar-refractivity contribution is 0.839. The normalized spacial score (nSPS) is 11.6. The number of nitrogens with one attached hydrogen (secondary N) is 1. The lowest BCUT2D eigenvalue weighted by atomic mass is 10.1. The number of aliphatic imine (C=N–C) groups is 1. The predicted octanol–water partition coefficient (Wildman–Crippen LogP) is 2.98. The van der Waals surface area contributed by atoms with Gasteiger partial charge in [0.15, 0.2) is 5.96 Å². The summed E-state index contributed by atoms with van der Waals surface area (Å²) in [5, 5.41) is 6.32. The maximum atomic E-state index is 5.76. The standard InChI is InChI=1S/C16H22N4S/c1-3-9-18-16(17)19-10-8-13-4-6-14(7-5-13)15-11-21-12(2)20-15/h4-7,11H,3,8-10H2,1-2H3,(H3,17,18,19). The van der Waals surface area contributed by atoms with Gasteiger partial charge in [0.05, 0.1) is 10.7 Å². The minimum absolute atomic E-state index is 0.534. The second-order valence-corrected chi connectivity index (χ2v) is 5.95. The van der Waals surface area contributed by atoms with Gasteiger partial charge in [-0.2, -0.15) is 0 Å². The van der Waals surface area contributed by atoms with E-state index < -0.39 is 0 Å². The van der Waals surface area contributed by atoms with E-state index in [9.17, 15) is 0 Å². The van der Waals surface area contributed by atoms with Crippen LogP contribution in [0, 0.1) is 6.92 Å². The Balaban J connectivity index is 1.85. The molecular formula is C16H22N4S. The molecule has 1 aromatic heterocycles. The molecule has 0 amide bonds. The molecule has 0 aliphatic rings. The van der Waals surface area contributed by atoms with Gasteiger partial charge in [-0.1, -0.05) is 31.2 Å². The molecule has 0 unspecified atom stereocenters. The minimum Gasteiger partial charge on any atom is -0.370 e. The van der Waals surface area contributed by atoms with Gasteiger partial charge in [0.25, 0.3) is 0 Å². The summed E-state index contributed by atoms with van der Waals surface area (Å²) < 4.78 is 0. The molecule has 0 aliphatic heterocycles. The van der Waals surface area contributed by atoms with E-state index in [1.807, 2.05) is 6.92 Å². The number of rotatable bonds is 6. The van der Waals surface area contributed by atoms with Crippen LogP contribution in [0.2, 0.25) is 0 Å². The predicted molar refractivity (Wildman–Crippen MR) is 90.8 cm³/mol. The van der Waals surface area contributed by atoms with Crippen molar-refractivity contribution in [1.29, 1.82) is 0 Å². The average Bonchev–Trinajstić information content (AvgIpc) is 2.92. The first-order chi connectivity index (χ1) is 10.2. The van der Waals surface area contributed by atoms with E-state index >= 15 is 0 Å². The smallest absolute Gasteiger partial charge is 0.188 e. The van der Waals surface area contributed by atoms with Crippen molar-refractivity contribution in [3.63, 3.8) is 0 Å². The molecule has 0 radical (unpaired) electrons. The number of nitrogens with two attached hydrogens (primary N) is 1. The molecule has 2 aromatic rings. The SMILES string of the molecule is CCCN=C(N)NCCc1ccc(-c2csc(C)n2)cc1. The number of hydrogen-bond acceptors (Lipinski definition) is 3. The maximum Gasteiger partial charge on any atom is 0.188 e. The number of benzene rings is 1. The Bertz CT molecular complexity index is 587. The maximum absolute atomic E-state index is 5.76. The summed E-state index contributed by atoms with van der Waals surface area (Å²) in [5.74, 6) is 0.534. The van der Waals surface area contributed by atoms with E-state index in [1.54, 1.807) is 11.3 Å². The molecule has 21 heavy (non-hydrogen) atoms. The van der Waals surface area contributed by atoms with Gasteiger partial charge in [-0.05, 0) is 25.3 Å². The third-order valence-electron chi connectivity index (χ3n) is 3.09. The summed E-state index contributed by atoms with van der Waals surface area (Å²) in [4.78, 5) is 8.70. The van der Waals surface area contributed by atoms with Crippen LogP contribution in [0.4, 0.5) is 0 Å². The average molecular weight is 302 g/mol. The van der Waals surface area contributed by atoms with E-state index in [2.05, 4.69) is 51.9 Å². The highest BCUT2D eigenvalue weighted by Crippen LogP contribution is 2.21. The zero-order valence-electron chi connectivity index (χ0n) is 12.6. The third kappa shape index (κ3) is 4.86. The van der Waals surface area contributed by atoms with Crippen molar-refractivity contribution >= 4 is 17.3 Å². The van der Waals surface area contributed by atoms with Crippen LogP contribution >= 0.6 is 11.3 Å². The molecule has 2 rings (SSSR count). The van der Waals surface area contributed by atoms with Crippen molar-refractivity contribution in [2.45, 2.75) is 26.7 Å². The molecule has 0 saturated carbocycles. The van der Waals surface area contributed by atoms with Crippen molar-refractivity contribution in [3.8, 4) is 11.3 Å². The first-order valence-electron chi connectivity index (χ1n) is 7.24. The monoisotopic (exact) mass is 302 g/mol. The van der Waals surface area contributed by atoms with Crippen LogP contribution < -0.4 is 11.1 Å². The second-order valence-electron chi connectivity index (χ2n) is 4.89. The second kappa shape index (κ2) is 7.78. The van der Waals surface area contributed by atoms with Crippen molar-refractivity contribution in [1.82, 2.24) is 10.3 Å². The molecular weight excluding hydrogens is 280 g/mol. The zero-order valence-corrected chi connectivity index (χ0v) is 13.4. The summed E-state index contributed by atoms with van der Waals surface area (Å²) in [6.45, 7) is 5.69. The Morgan fingerprint density at radius 3 is 2.71 bits per heavy atom. The quantitative estimate of drug-likeness (QED) is 0.637. The summed E-state index contributed by atoms with van der Waals surface area (Å²) in [6, 6.07) is 8.53. The van der Waals surface area contributed by atoms with Crippen LogP contribution in [0.3, 0.4) is 0 Å². The summed E-state index contributed by atoms with van der Waals surface area (Å²) in [6.07, 6.45) is 1.94. The molecule has 0 spiro atoms. The Hall–Kier alpha value is -1.88. The van der Waals surface area contributed by atoms with Gasteiger partial charge in [0.2, 0.25) is 0 Å². The Morgan fingerprint density at radius 1 is 1.33 bits per heavy atom. The van der Waals surface area contributed by atoms with Crippen molar-refractivity contribution < 1.29 is 0 Å². The van der Waals surface area contributed by atoms with E-state index in [0.29, 0.717) is 5.96 Å². The van der Waals surface area contributed by atoms with Gasteiger partial charge < -0.3 is 11.1 Å². The molecule has 0 fully saturated rings. The molecule has 0 bridgehead atoms. The summed E-state index contributed by atoms with van der Waals surface area (Å²) in [5.41, 5.74) is 9.26. The Kier molecular flexibility index (Phi) is 5.75. The number of aromatic nitrogens is 1. The van der Waals surface area contributed by atoms with Crippen LogP contribution in [0.1, 0.15) is 23.9 Å². The molecule has 1 aromatic carbocycles. The first-order valence-corrected chi connectivity index (χ1v) is 8.12. The van der Waals surface area contributed by atoms with Gasteiger partial charge in [0.1, 0.15) is 0 Å². The van der Waals surface area contributed by atoms with E-state index in [4.69, 9.17) is 5.73 Å². The number of nitrogens with zero attached hydrogens (tertiary/aromatic N) is 2. The molecule has 0 aliphatic carbocycles. The Labute approximate surface area is 130 Å². The molecule has 0 atom stereocenters. The van der Waals surface area contributed by atoms with Gasteiger partial charge in [-0.25, -0.2) is 4.98 Å². The fraction of sp³-hybridized carbons (Fsp3) is 0.375. The number of thiazole rings is 1. The molecule has 112 valence electrons. The molecule has 1 heterocycles. The van der Waals surface area contributed by atoms with Gasteiger partial charge in [-0.3, -0.25) is 4.99 Å². The van der Waals surface area contributed by atoms with E-state index in [-0.39, 0.29) is 0 Å². The van der Waals surface area contributed by atoms with Crippen LogP contribution in [0.15, 0.2) is 34.6 Å². The van der Waals surface area contributed by atoms with Crippen molar-refractivity contribution in [2.24, 2.45) is 10.7 Å². The van der Waals surface area contributed by atoms with Gasteiger partial charge in [-0.15, -0.1) is 11.3 Å². The highest BCUT2D eigenvalue weighted by Gasteiger charge is 2.02. The zero-order chi connectivity index (χ0) is 15.1. The van der Waals surface area contributed by atoms with Gasteiger partial charge in [0, 0.05) is 24.0 Å². The number of hydrogen-bond donors (Lipinski definition) is 2. The Morgan fingerprint density at radius 2 is 2.10 bits per heavy atom. The molecule has 3 N–H and O–H groups in total. The third-order valence-corrected chi connectivity index (χ3v) is 3.87. The van der Waals surface area contributed by atoms with E-state index in [0.717, 1.165) is 36.6 Å². The first kappa shape index (κ1) is 15.5. The lowest BCUT2D eigenvalue weighted by Gasteiger charge is -2.06. The fourth-order valence-electron chi connectivity index (χ4n) is 1.96. The highest BCUT2D eigenvalue weighted by molar-refractivity contribution is 7.09. The topological polar surface area (TPSA) is 63.3 Å². The number of guanidine groups is 1. The van der Waals surface area contributed by atoms with Crippen molar-refractivity contribution in [3.05, 3.63) is 40.2 Å². The van der Waals surface area contributed by atoms with Crippen molar-refractivity contribution in [2.75, 3.05) is 13.1 Å². The minimum atomic E-state index is 0.534. The lowest BCUT2D eigenvalue weighted by Crippen LogP contribution is -2.33. The van der Waals surface area contributed by atoms with Crippen LogP contribution in [-0.2, 0) is 6.42 Å². The summed E-state index contributed by atoms with van der Waals surface area (Å²) >= 11 is 1.68. The number of aryl methyl sites for hydroxylation is 1. The fourth-order valence-corrected chi connectivity index (χ4v) is 2.58.